The first kappa shape index (κ1) is 12.3. The van der Waals surface area contributed by atoms with Gasteiger partial charge in [-0.15, -0.1) is 0 Å². The van der Waals surface area contributed by atoms with E-state index >= 15 is 0 Å². The van der Waals surface area contributed by atoms with Crippen LogP contribution in [0.15, 0.2) is 30.8 Å². The highest BCUT2D eigenvalue weighted by molar-refractivity contribution is 5.82. The van der Waals surface area contributed by atoms with Crippen molar-refractivity contribution in [1.82, 2.24) is 5.32 Å². The number of anilines is 1. The van der Waals surface area contributed by atoms with Crippen molar-refractivity contribution in [2.45, 2.75) is 6.92 Å². The van der Waals surface area contributed by atoms with Crippen LogP contribution < -0.4 is 10.2 Å². The molecule has 1 amide bonds. The first-order valence-electron chi connectivity index (χ1n) is 5.40. The molecular formula is C13H18N2O. The number of nitrogens with zero attached hydrogens (tertiary/aromatic N) is 1. The number of nitrogens with one attached hydrogen (secondary N) is 1. The summed E-state index contributed by atoms with van der Waals surface area (Å²) in [5.74, 6) is 0.0146. The van der Waals surface area contributed by atoms with Crippen molar-refractivity contribution < 1.29 is 4.79 Å². The second-order valence-electron chi connectivity index (χ2n) is 3.45. The average Bonchev–Trinajstić information content (AvgIpc) is 2.35. The summed E-state index contributed by atoms with van der Waals surface area (Å²) in [6.07, 6.45) is 1.81. The van der Waals surface area contributed by atoms with Gasteiger partial charge < -0.3 is 10.2 Å². The molecule has 1 aromatic rings. The van der Waals surface area contributed by atoms with Gasteiger partial charge in [0.15, 0.2) is 0 Å². The van der Waals surface area contributed by atoms with Crippen molar-refractivity contribution >= 4 is 17.7 Å². The summed E-state index contributed by atoms with van der Waals surface area (Å²) < 4.78 is 0. The van der Waals surface area contributed by atoms with Crippen molar-refractivity contribution in [2.24, 2.45) is 0 Å². The van der Waals surface area contributed by atoms with Gasteiger partial charge in [-0.3, -0.25) is 4.79 Å². The predicted octanol–water partition coefficient (Wildman–Crippen LogP) is 1.90. The van der Waals surface area contributed by atoms with Crippen LogP contribution in [0.5, 0.6) is 0 Å². The van der Waals surface area contributed by atoms with Crippen molar-refractivity contribution in [1.29, 1.82) is 0 Å². The quantitative estimate of drug-likeness (QED) is 0.818. The smallest absolute Gasteiger partial charge is 0.239 e. The zero-order valence-corrected chi connectivity index (χ0v) is 9.86. The van der Waals surface area contributed by atoms with E-state index in [1.807, 2.05) is 42.2 Å². The van der Waals surface area contributed by atoms with E-state index in [1.165, 1.54) is 0 Å². The van der Waals surface area contributed by atoms with Gasteiger partial charge in [-0.1, -0.05) is 30.9 Å². The minimum atomic E-state index is 0.0146. The molecule has 3 nitrogen and oxygen atoms in total. The van der Waals surface area contributed by atoms with E-state index in [2.05, 4.69) is 11.9 Å². The topological polar surface area (TPSA) is 32.3 Å². The second-order valence-corrected chi connectivity index (χ2v) is 3.45. The maximum absolute atomic E-state index is 11.4. The molecule has 0 radical (unpaired) electrons. The summed E-state index contributed by atoms with van der Waals surface area (Å²) in [6.45, 7) is 6.97. The molecule has 0 aliphatic heterocycles. The molecule has 0 spiro atoms. The van der Waals surface area contributed by atoms with Gasteiger partial charge in [0.2, 0.25) is 5.91 Å². The molecule has 1 N–H and O–H groups in total. The molecule has 0 aromatic heterocycles. The second kappa shape index (κ2) is 5.95. The van der Waals surface area contributed by atoms with Crippen LogP contribution in [0.1, 0.15) is 12.5 Å². The zero-order valence-electron chi connectivity index (χ0n) is 9.86. The van der Waals surface area contributed by atoms with Crippen LogP contribution in [0.3, 0.4) is 0 Å². The molecule has 0 saturated carbocycles. The summed E-state index contributed by atoms with van der Waals surface area (Å²) >= 11 is 0. The first-order chi connectivity index (χ1) is 7.72. The third kappa shape index (κ3) is 2.86. The Morgan fingerprint density at radius 1 is 1.50 bits per heavy atom. The van der Waals surface area contributed by atoms with Gasteiger partial charge in [-0.2, -0.15) is 0 Å². The number of rotatable bonds is 5. The molecule has 0 unspecified atom stereocenters. The molecule has 0 saturated heterocycles. The number of likely N-dealkylation sites (N-methyl/N-ethyl adjacent to an activating group) is 2. The Labute approximate surface area is 96.8 Å². The Balaban J connectivity index is 2.94. The highest BCUT2D eigenvalue weighted by Crippen LogP contribution is 2.20. The normalized spacial score (nSPS) is 9.62. The van der Waals surface area contributed by atoms with E-state index < -0.39 is 0 Å². The minimum Gasteiger partial charge on any atom is -0.362 e. The lowest BCUT2D eigenvalue weighted by Crippen LogP contribution is -2.35. The van der Waals surface area contributed by atoms with Crippen molar-refractivity contribution in [2.75, 3.05) is 25.0 Å². The van der Waals surface area contributed by atoms with E-state index in [-0.39, 0.29) is 5.91 Å². The number of benzene rings is 1. The molecule has 0 aliphatic carbocycles. The molecular weight excluding hydrogens is 200 g/mol. The van der Waals surface area contributed by atoms with Gasteiger partial charge in [-0.05, 0) is 18.6 Å². The van der Waals surface area contributed by atoms with Gasteiger partial charge in [0.1, 0.15) is 0 Å². The number of hydrogen-bond acceptors (Lipinski definition) is 2. The monoisotopic (exact) mass is 218 g/mol. The molecule has 1 rings (SSSR count). The van der Waals surface area contributed by atoms with Crippen molar-refractivity contribution in [3.05, 3.63) is 36.4 Å². The van der Waals surface area contributed by atoms with Crippen LogP contribution in [-0.4, -0.2) is 26.0 Å². The lowest BCUT2D eigenvalue weighted by atomic mass is 10.1. The number of para-hydroxylation sites is 1. The molecule has 16 heavy (non-hydrogen) atoms. The Morgan fingerprint density at radius 3 is 2.75 bits per heavy atom. The first-order valence-corrected chi connectivity index (χ1v) is 5.40. The van der Waals surface area contributed by atoms with Crippen molar-refractivity contribution in [3.63, 3.8) is 0 Å². The number of carbonyl (C=O) groups excluding carboxylic acids is 1. The van der Waals surface area contributed by atoms with Crippen LogP contribution in [0.25, 0.3) is 6.08 Å². The fourth-order valence-electron chi connectivity index (χ4n) is 1.57. The molecule has 0 heterocycles. The maximum atomic E-state index is 11.4. The molecule has 0 bridgehead atoms. The van der Waals surface area contributed by atoms with E-state index in [0.717, 1.165) is 17.8 Å². The summed E-state index contributed by atoms with van der Waals surface area (Å²) in [5.41, 5.74) is 2.09. The van der Waals surface area contributed by atoms with E-state index in [0.29, 0.717) is 6.54 Å². The Kier molecular flexibility index (Phi) is 4.58. The van der Waals surface area contributed by atoms with Crippen LogP contribution >= 0.6 is 0 Å². The van der Waals surface area contributed by atoms with Crippen LogP contribution in [0.2, 0.25) is 0 Å². The third-order valence-corrected chi connectivity index (χ3v) is 2.49. The van der Waals surface area contributed by atoms with Crippen LogP contribution in [0, 0.1) is 0 Å². The Hall–Kier alpha value is -1.77. The summed E-state index contributed by atoms with van der Waals surface area (Å²) in [6, 6.07) is 7.93. The van der Waals surface area contributed by atoms with E-state index in [4.69, 9.17) is 0 Å². The lowest BCUT2D eigenvalue weighted by Gasteiger charge is -2.23. The molecule has 3 heteroatoms. The zero-order chi connectivity index (χ0) is 12.0. The summed E-state index contributed by atoms with van der Waals surface area (Å²) in [7, 11) is 1.65. The van der Waals surface area contributed by atoms with Gasteiger partial charge in [0.25, 0.3) is 0 Å². The SMILES string of the molecule is C=Cc1ccccc1N(CC)CC(=O)NC. The highest BCUT2D eigenvalue weighted by atomic mass is 16.1. The number of hydrogen-bond donors (Lipinski definition) is 1. The third-order valence-electron chi connectivity index (χ3n) is 2.49. The minimum absolute atomic E-state index is 0.0146. The van der Waals surface area contributed by atoms with Gasteiger partial charge in [-0.25, -0.2) is 0 Å². The number of carbonyl (C=O) groups is 1. The summed E-state index contributed by atoms with van der Waals surface area (Å²) in [4.78, 5) is 13.4. The highest BCUT2D eigenvalue weighted by Gasteiger charge is 2.10. The Bertz CT molecular complexity index is 374. The van der Waals surface area contributed by atoms with Crippen LogP contribution in [-0.2, 0) is 4.79 Å². The lowest BCUT2D eigenvalue weighted by molar-refractivity contribution is -0.119. The van der Waals surface area contributed by atoms with Gasteiger partial charge in [0, 0.05) is 19.3 Å². The molecule has 1 aromatic carbocycles. The number of amides is 1. The van der Waals surface area contributed by atoms with Gasteiger partial charge >= 0.3 is 0 Å². The molecule has 86 valence electrons. The largest absolute Gasteiger partial charge is 0.362 e. The summed E-state index contributed by atoms with van der Waals surface area (Å²) in [5, 5.41) is 2.63. The fourth-order valence-corrected chi connectivity index (χ4v) is 1.57. The maximum Gasteiger partial charge on any atom is 0.239 e. The predicted molar refractivity (Wildman–Crippen MR) is 68.5 cm³/mol. The fraction of sp³-hybridized carbons (Fsp3) is 0.308. The van der Waals surface area contributed by atoms with E-state index in [9.17, 15) is 4.79 Å². The standard InChI is InChI=1S/C13H18N2O/c1-4-11-8-6-7-9-12(11)15(5-2)10-13(16)14-3/h4,6-9H,1,5,10H2,2-3H3,(H,14,16). The molecule has 0 fully saturated rings. The molecule has 0 atom stereocenters. The van der Waals surface area contributed by atoms with Gasteiger partial charge in [0.05, 0.1) is 6.54 Å². The van der Waals surface area contributed by atoms with Crippen molar-refractivity contribution in [3.8, 4) is 0 Å². The van der Waals surface area contributed by atoms with Crippen LogP contribution in [0.4, 0.5) is 5.69 Å². The van der Waals surface area contributed by atoms with E-state index in [1.54, 1.807) is 7.05 Å². The average molecular weight is 218 g/mol. The Morgan fingerprint density at radius 2 is 2.19 bits per heavy atom. The molecule has 0 aliphatic rings.